The molecule has 21 heavy (non-hydrogen) atoms. The number of rotatable bonds is 10. The zero-order valence-corrected chi connectivity index (χ0v) is 14.1. The summed E-state index contributed by atoms with van der Waals surface area (Å²) in [6.07, 6.45) is -1.52. The highest BCUT2D eigenvalue weighted by atomic mass is 16.8. The third-order valence-corrected chi connectivity index (χ3v) is 2.69. The summed E-state index contributed by atoms with van der Waals surface area (Å²) in [7, 11) is 0. The molecule has 5 nitrogen and oxygen atoms in total. The molecule has 0 aliphatic heterocycles. The minimum atomic E-state index is -1.33. The van der Waals surface area contributed by atoms with Crippen molar-refractivity contribution in [1.82, 2.24) is 0 Å². The normalized spacial score (nSPS) is 13.4. The van der Waals surface area contributed by atoms with Gasteiger partial charge >= 0.3 is 0 Å². The van der Waals surface area contributed by atoms with Crippen molar-refractivity contribution in [2.75, 3.05) is 26.4 Å². The van der Waals surface area contributed by atoms with Crippen molar-refractivity contribution in [1.29, 1.82) is 0 Å². The Kier molecular flexibility index (Phi) is 10.7. The minimum absolute atomic E-state index is 0.0242. The van der Waals surface area contributed by atoms with Crippen LogP contribution >= 0.6 is 0 Å². The Morgan fingerprint density at radius 3 is 1.71 bits per heavy atom. The Balaban J connectivity index is 5.47. The predicted molar refractivity (Wildman–Crippen MR) is 81.6 cm³/mol. The molecule has 1 atom stereocenters. The van der Waals surface area contributed by atoms with E-state index in [4.69, 9.17) is 18.9 Å². The lowest BCUT2D eigenvalue weighted by Gasteiger charge is -2.34. The van der Waals surface area contributed by atoms with Gasteiger partial charge < -0.3 is 24.1 Å². The smallest absolute Gasteiger partial charge is 0.286 e. The second kappa shape index (κ2) is 11.0. The zero-order valence-electron chi connectivity index (χ0n) is 14.1. The zero-order chi connectivity index (χ0) is 16.3. The van der Waals surface area contributed by atoms with Crippen LogP contribution in [0.3, 0.4) is 0 Å². The van der Waals surface area contributed by atoms with E-state index in [0.29, 0.717) is 26.4 Å². The van der Waals surface area contributed by atoms with Crippen LogP contribution in [-0.2, 0) is 18.9 Å². The average molecular weight is 302 g/mol. The Bertz CT molecular complexity index is 306. The van der Waals surface area contributed by atoms with Crippen LogP contribution in [0.2, 0.25) is 0 Å². The van der Waals surface area contributed by atoms with E-state index in [1.165, 1.54) is 0 Å². The van der Waals surface area contributed by atoms with Gasteiger partial charge in [-0.1, -0.05) is 19.8 Å². The van der Waals surface area contributed by atoms with Gasteiger partial charge in [0, 0.05) is 26.4 Å². The Morgan fingerprint density at radius 1 is 0.905 bits per heavy atom. The standard InChI is InChI=1S/C16H30O5/c1-7-18-15(19-8-2)16(20-9-3,21-10-4)12-11-14(17)13(5)6/h13-15,17H,7-10H2,1-6H3. The first-order valence-electron chi connectivity index (χ1n) is 7.69. The lowest BCUT2D eigenvalue weighted by molar-refractivity contribution is -0.321. The largest absolute Gasteiger partial charge is 0.380 e. The minimum Gasteiger partial charge on any atom is -0.380 e. The van der Waals surface area contributed by atoms with Gasteiger partial charge in [-0.3, -0.25) is 0 Å². The van der Waals surface area contributed by atoms with Crippen LogP contribution in [0.15, 0.2) is 0 Å². The van der Waals surface area contributed by atoms with Gasteiger partial charge in [0.15, 0.2) is 0 Å². The van der Waals surface area contributed by atoms with Gasteiger partial charge in [0.05, 0.1) is 0 Å². The molecule has 1 unspecified atom stereocenters. The SMILES string of the molecule is CCOC(OCC)C(C#CC(O)C(C)C)(OCC)OCC. The fraction of sp³-hybridized carbons (Fsp3) is 0.875. The molecule has 0 aliphatic carbocycles. The van der Waals surface area contributed by atoms with Gasteiger partial charge in [-0.05, 0) is 39.5 Å². The van der Waals surface area contributed by atoms with Crippen LogP contribution in [0.25, 0.3) is 0 Å². The maximum Gasteiger partial charge on any atom is 0.286 e. The van der Waals surface area contributed by atoms with Crippen LogP contribution < -0.4 is 0 Å². The van der Waals surface area contributed by atoms with Gasteiger partial charge in [-0.15, -0.1) is 0 Å². The summed E-state index contributed by atoms with van der Waals surface area (Å²) in [5.74, 6) is 4.37. The van der Waals surface area contributed by atoms with E-state index in [1.54, 1.807) is 0 Å². The van der Waals surface area contributed by atoms with Crippen molar-refractivity contribution < 1.29 is 24.1 Å². The maximum absolute atomic E-state index is 9.90. The molecule has 0 aliphatic rings. The first-order chi connectivity index (χ1) is 9.97. The number of aliphatic hydroxyl groups is 1. The van der Waals surface area contributed by atoms with Crippen molar-refractivity contribution in [3.63, 3.8) is 0 Å². The lowest BCUT2D eigenvalue weighted by atomic mass is 10.1. The lowest BCUT2D eigenvalue weighted by Crippen LogP contribution is -2.49. The van der Waals surface area contributed by atoms with E-state index in [0.717, 1.165) is 0 Å². The second-order valence-corrected chi connectivity index (χ2v) is 4.73. The molecule has 0 saturated carbocycles. The first-order valence-corrected chi connectivity index (χ1v) is 7.69. The van der Waals surface area contributed by atoms with E-state index in [9.17, 15) is 5.11 Å². The monoisotopic (exact) mass is 302 g/mol. The van der Waals surface area contributed by atoms with Crippen LogP contribution in [0.5, 0.6) is 0 Å². The van der Waals surface area contributed by atoms with Gasteiger partial charge in [-0.25, -0.2) is 0 Å². The molecule has 1 N–H and O–H groups in total. The van der Waals surface area contributed by atoms with E-state index in [-0.39, 0.29) is 5.92 Å². The van der Waals surface area contributed by atoms with E-state index in [1.807, 2.05) is 41.5 Å². The fourth-order valence-electron chi connectivity index (χ4n) is 1.65. The van der Waals surface area contributed by atoms with Crippen LogP contribution in [0.1, 0.15) is 41.5 Å². The summed E-state index contributed by atoms with van der Waals surface area (Å²) in [5.41, 5.74) is 0. The van der Waals surface area contributed by atoms with Crippen molar-refractivity contribution in [2.24, 2.45) is 5.92 Å². The summed E-state index contributed by atoms with van der Waals surface area (Å²) in [6, 6.07) is 0. The third-order valence-electron chi connectivity index (χ3n) is 2.69. The first kappa shape index (κ1) is 20.4. The number of ether oxygens (including phenoxy) is 4. The molecule has 0 spiro atoms. The topological polar surface area (TPSA) is 57.2 Å². The maximum atomic E-state index is 9.90. The summed E-state index contributed by atoms with van der Waals surface area (Å²) in [4.78, 5) is 0. The van der Waals surface area contributed by atoms with Crippen molar-refractivity contribution in [3.8, 4) is 11.8 Å². The van der Waals surface area contributed by atoms with Crippen molar-refractivity contribution in [3.05, 3.63) is 0 Å². The molecule has 124 valence electrons. The quantitative estimate of drug-likeness (QED) is 0.495. The molecule has 0 fully saturated rings. The van der Waals surface area contributed by atoms with Crippen LogP contribution in [0, 0.1) is 17.8 Å². The van der Waals surface area contributed by atoms with E-state index < -0.39 is 18.2 Å². The number of aliphatic hydroxyl groups excluding tert-OH is 1. The highest BCUT2D eigenvalue weighted by Crippen LogP contribution is 2.22. The summed E-state index contributed by atoms with van der Waals surface area (Å²) in [5, 5.41) is 9.90. The summed E-state index contributed by atoms with van der Waals surface area (Å²) in [6.45, 7) is 12.9. The number of hydrogen-bond donors (Lipinski definition) is 1. The van der Waals surface area contributed by atoms with Gasteiger partial charge in [0.25, 0.3) is 5.79 Å². The fourth-order valence-corrected chi connectivity index (χ4v) is 1.65. The molecular weight excluding hydrogens is 272 g/mol. The Labute approximate surface area is 128 Å². The highest BCUT2D eigenvalue weighted by Gasteiger charge is 2.41. The van der Waals surface area contributed by atoms with Crippen LogP contribution in [-0.4, -0.2) is 49.7 Å². The molecule has 0 bridgehead atoms. The molecule has 0 heterocycles. The van der Waals surface area contributed by atoms with E-state index >= 15 is 0 Å². The number of hydrogen-bond acceptors (Lipinski definition) is 5. The predicted octanol–water partition coefficient (Wildman–Crippen LogP) is 2.18. The Hall–Kier alpha value is -0.640. The molecule has 0 aromatic rings. The molecule has 0 amide bonds. The molecule has 0 saturated heterocycles. The van der Waals surface area contributed by atoms with Crippen LogP contribution in [0.4, 0.5) is 0 Å². The van der Waals surface area contributed by atoms with Crippen molar-refractivity contribution >= 4 is 0 Å². The van der Waals surface area contributed by atoms with Gasteiger partial charge in [-0.2, -0.15) is 0 Å². The Morgan fingerprint density at radius 2 is 1.38 bits per heavy atom. The van der Waals surface area contributed by atoms with Gasteiger partial charge in [0.2, 0.25) is 6.29 Å². The molecule has 0 aromatic heterocycles. The van der Waals surface area contributed by atoms with Gasteiger partial charge in [0.1, 0.15) is 6.10 Å². The average Bonchev–Trinajstić information content (AvgIpc) is 2.44. The molecule has 0 aromatic carbocycles. The molecule has 0 radical (unpaired) electrons. The second-order valence-electron chi connectivity index (χ2n) is 4.73. The molecule has 0 rings (SSSR count). The van der Waals surface area contributed by atoms with Crippen molar-refractivity contribution in [2.45, 2.75) is 59.7 Å². The van der Waals surface area contributed by atoms with E-state index in [2.05, 4.69) is 11.8 Å². The molecular formula is C16H30O5. The molecule has 5 heteroatoms. The summed E-state index contributed by atoms with van der Waals surface area (Å²) >= 11 is 0. The highest BCUT2D eigenvalue weighted by molar-refractivity contribution is 5.15. The third kappa shape index (κ3) is 6.77. The summed E-state index contributed by atoms with van der Waals surface area (Å²) < 4.78 is 22.6.